The third-order valence-corrected chi connectivity index (χ3v) is 7.12. The average molecular weight is 528 g/mol. The van der Waals surface area contributed by atoms with Crippen LogP contribution in [0.25, 0.3) is 0 Å². The lowest BCUT2D eigenvalue weighted by atomic mass is 10.1. The Hall–Kier alpha value is -3.28. The van der Waals surface area contributed by atoms with Crippen molar-refractivity contribution in [3.63, 3.8) is 0 Å². The summed E-state index contributed by atoms with van der Waals surface area (Å²) in [6, 6.07) is 10.4. The number of esters is 1. The first-order valence-corrected chi connectivity index (χ1v) is 13.3. The Morgan fingerprint density at radius 1 is 1.14 bits per heavy atom. The molecule has 1 aromatic heterocycles. The Balaban J connectivity index is 1.22. The Labute approximate surface area is 220 Å². The molecule has 3 heterocycles. The van der Waals surface area contributed by atoms with Crippen LogP contribution in [0.15, 0.2) is 41.8 Å². The molecule has 2 aromatic rings. The molecule has 2 amide bonds. The predicted octanol–water partition coefficient (Wildman–Crippen LogP) is 2.79. The molecular weight excluding hydrogens is 494 g/mol. The van der Waals surface area contributed by atoms with Crippen LogP contribution in [0.1, 0.15) is 35.5 Å². The highest BCUT2D eigenvalue weighted by Gasteiger charge is 2.34. The highest BCUT2D eigenvalue weighted by Crippen LogP contribution is 2.23. The summed E-state index contributed by atoms with van der Waals surface area (Å²) in [5, 5.41) is 12.6. The Morgan fingerprint density at radius 3 is 2.49 bits per heavy atom. The summed E-state index contributed by atoms with van der Waals surface area (Å²) in [5.41, 5.74) is 1.24. The molecule has 11 heteroatoms. The molecule has 198 valence electrons. The Morgan fingerprint density at radius 2 is 1.84 bits per heavy atom. The Kier molecular flexibility index (Phi) is 8.91. The molecule has 1 atom stereocenters. The SMILES string of the molecule is CC(C)OC(=O)CCN1CCN(CC2CN(c3ccc(C(=N)NC(=O)c4cccs4)cc3)C(=O)O2)CC1. The minimum Gasteiger partial charge on any atom is -0.463 e. The van der Waals surface area contributed by atoms with Crippen LogP contribution in [-0.4, -0.2) is 91.6 Å². The standard InChI is InChI=1S/C26H33N5O5S/c1-18(2)35-23(32)9-10-29-11-13-30(14-12-29)16-21-17-31(26(34)36-21)20-7-5-19(6-8-20)24(27)28-25(33)22-4-3-15-37-22/h3-8,15,18,21H,9-14,16-17H2,1-2H3,(H2,27,28,33). The zero-order valence-electron chi connectivity index (χ0n) is 21.1. The molecule has 0 radical (unpaired) electrons. The van der Waals surface area contributed by atoms with Gasteiger partial charge in [-0.2, -0.15) is 0 Å². The number of nitrogens with zero attached hydrogens (tertiary/aromatic N) is 3. The van der Waals surface area contributed by atoms with Crippen molar-refractivity contribution in [2.45, 2.75) is 32.5 Å². The average Bonchev–Trinajstić information content (AvgIpc) is 3.53. The molecule has 2 aliphatic rings. The number of ether oxygens (including phenoxy) is 2. The maximum absolute atomic E-state index is 12.5. The molecule has 0 saturated carbocycles. The van der Waals surface area contributed by atoms with E-state index in [-0.39, 0.29) is 36.0 Å². The highest BCUT2D eigenvalue weighted by atomic mass is 32.1. The van der Waals surface area contributed by atoms with Gasteiger partial charge >= 0.3 is 12.1 Å². The van der Waals surface area contributed by atoms with Gasteiger partial charge in [-0.15, -0.1) is 11.3 Å². The molecule has 0 aliphatic carbocycles. The first kappa shape index (κ1) is 26.8. The first-order chi connectivity index (χ1) is 17.8. The predicted molar refractivity (Wildman–Crippen MR) is 141 cm³/mol. The monoisotopic (exact) mass is 527 g/mol. The van der Waals surface area contributed by atoms with Crippen LogP contribution in [-0.2, 0) is 14.3 Å². The zero-order chi connectivity index (χ0) is 26.4. The van der Waals surface area contributed by atoms with Gasteiger partial charge in [0.2, 0.25) is 0 Å². The molecule has 2 fully saturated rings. The smallest absolute Gasteiger partial charge is 0.414 e. The van der Waals surface area contributed by atoms with Crippen LogP contribution in [0.2, 0.25) is 0 Å². The van der Waals surface area contributed by atoms with Gasteiger partial charge in [-0.25, -0.2) is 4.79 Å². The number of benzene rings is 1. The first-order valence-electron chi connectivity index (χ1n) is 12.4. The van der Waals surface area contributed by atoms with Crippen molar-refractivity contribution in [1.82, 2.24) is 15.1 Å². The van der Waals surface area contributed by atoms with Crippen molar-refractivity contribution in [2.75, 3.05) is 50.7 Å². The van der Waals surface area contributed by atoms with Crippen molar-refractivity contribution in [1.29, 1.82) is 5.41 Å². The van der Waals surface area contributed by atoms with Crippen LogP contribution in [0, 0.1) is 5.41 Å². The fourth-order valence-corrected chi connectivity index (χ4v) is 4.96. The van der Waals surface area contributed by atoms with E-state index in [9.17, 15) is 14.4 Å². The van der Waals surface area contributed by atoms with Gasteiger partial charge in [0, 0.05) is 50.5 Å². The molecule has 2 aliphatic heterocycles. The van der Waals surface area contributed by atoms with Gasteiger partial charge in [-0.05, 0) is 49.6 Å². The van der Waals surface area contributed by atoms with E-state index in [0.717, 1.165) is 26.2 Å². The van der Waals surface area contributed by atoms with E-state index in [4.69, 9.17) is 14.9 Å². The minimum absolute atomic E-state index is 0.00258. The number of amidine groups is 1. The van der Waals surface area contributed by atoms with Crippen molar-refractivity contribution in [2.24, 2.45) is 0 Å². The lowest BCUT2D eigenvalue weighted by Gasteiger charge is -2.35. The van der Waals surface area contributed by atoms with Gasteiger partial charge in [0.15, 0.2) is 0 Å². The summed E-state index contributed by atoms with van der Waals surface area (Å²) in [6.45, 7) is 8.91. The summed E-state index contributed by atoms with van der Waals surface area (Å²) in [4.78, 5) is 43.2. The largest absolute Gasteiger partial charge is 0.463 e. The number of hydrogen-bond donors (Lipinski definition) is 2. The molecule has 0 spiro atoms. The van der Waals surface area contributed by atoms with E-state index >= 15 is 0 Å². The second kappa shape index (κ2) is 12.3. The second-order valence-corrected chi connectivity index (χ2v) is 10.3. The quantitative estimate of drug-likeness (QED) is 0.293. The lowest BCUT2D eigenvalue weighted by molar-refractivity contribution is -0.147. The molecule has 2 saturated heterocycles. The number of thiophene rings is 1. The number of cyclic esters (lactones) is 1. The number of piperazine rings is 1. The number of nitrogens with one attached hydrogen (secondary N) is 2. The lowest BCUT2D eigenvalue weighted by Crippen LogP contribution is -2.49. The Bertz CT molecular complexity index is 1100. The molecule has 10 nitrogen and oxygen atoms in total. The minimum atomic E-state index is -0.388. The van der Waals surface area contributed by atoms with Crippen LogP contribution in [0.5, 0.6) is 0 Å². The number of rotatable bonds is 9. The zero-order valence-corrected chi connectivity index (χ0v) is 22.0. The maximum Gasteiger partial charge on any atom is 0.414 e. The fraction of sp³-hybridized carbons (Fsp3) is 0.462. The number of anilines is 1. The normalized spacial score (nSPS) is 18.6. The molecule has 1 unspecified atom stereocenters. The number of carbonyl (C=O) groups is 3. The van der Waals surface area contributed by atoms with Crippen LogP contribution >= 0.6 is 11.3 Å². The van der Waals surface area contributed by atoms with Gasteiger partial charge in [-0.1, -0.05) is 6.07 Å². The summed E-state index contributed by atoms with van der Waals surface area (Å²) < 4.78 is 10.8. The van der Waals surface area contributed by atoms with Crippen molar-refractivity contribution < 1.29 is 23.9 Å². The van der Waals surface area contributed by atoms with E-state index in [1.807, 2.05) is 19.2 Å². The number of hydrogen-bond acceptors (Lipinski definition) is 9. The van der Waals surface area contributed by atoms with Gasteiger partial charge in [-0.3, -0.25) is 24.8 Å². The third-order valence-electron chi connectivity index (χ3n) is 6.25. The van der Waals surface area contributed by atoms with Gasteiger partial charge in [0.05, 0.1) is 23.9 Å². The van der Waals surface area contributed by atoms with Crippen molar-refractivity contribution in [3.05, 3.63) is 52.2 Å². The summed E-state index contributed by atoms with van der Waals surface area (Å²) in [6.07, 6.45) is -0.315. The van der Waals surface area contributed by atoms with Gasteiger partial charge < -0.3 is 19.7 Å². The topological polar surface area (TPSA) is 115 Å². The highest BCUT2D eigenvalue weighted by molar-refractivity contribution is 7.12. The molecule has 37 heavy (non-hydrogen) atoms. The fourth-order valence-electron chi connectivity index (χ4n) is 4.35. The molecular formula is C26H33N5O5S. The second-order valence-electron chi connectivity index (χ2n) is 9.40. The number of carbonyl (C=O) groups excluding carboxylic acids is 3. The molecule has 2 N–H and O–H groups in total. The molecule has 0 bridgehead atoms. The van der Waals surface area contributed by atoms with Crippen molar-refractivity contribution in [3.8, 4) is 0 Å². The van der Waals surface area contributed by atoms with Gasteiger partial charge in [0.1, 0.15) is 11.9 Å². The van der Waals surface area contributed by atoms with Crippen LogP contribution in [0.3, 0.4) is 0 Å². The van der Waals surface area contributed by atoms with E-state index in [2.05, 4.69) is 15.1 Å². The number of amides is 2. The van der Waals surface area contributed by atoms with E-state index in [1.165, 1.54) is 11.3 Å². The van der Waals surface area contributed by atoms with E-state index in [0.29, 0.717) is 42.2 Å². The summed E-state index contributed by atoms with van der Waals surface area (Å²) in [7, 11) is 0. The summed E-state index contributed by atoms with van der Waals surface area (Å²) in [5.74, 6) is -0.476. The summed E-state index contributed by atoms with van der Waals surface area (Å²) >= 11 is 1.32. The molecule has 4 rings (SSSR count). The third kappa shape index (κ3) is 7.37. The van der Waals surface area contributed by atoms with Crippen LogP contribution in [0.4, 0.5) is 10.5 Å². The maximum atomic E-state index is 12.5. The molecule has 1 aromatic carbocycles. The van der Waals surface area contributed by atoms with Gasteiger partial charge in [0.25, 0.3) is 5.91 Å². The van der Waals surface area contributed by atoms with Crippen molar-refractivity contribution >= 4 is 40.8 Å². The van der Waals surface area contributed by atoms with Crippen LogP contribution < -0.4 is 10.2 Å². The van der Waals surface area contributed by atoms with E-state index < -0.39 is 0 Å². The van der Waals surface area contributed by atoms with E-state index in [1.54, 1.807) is 41.3 Å².